The molecule has 0 unspecified atom stereocenters. The van der Waals surface area contributed by atoms with Crippen molar-refractivity contribution in [2.75, 3.05) is 13.2 Å². The summed E-state index contributed by atoms with van der Waals surface area (Å²) >= 11 is 0. The Bertz CT molecular complexity index is 1380. The summed E-state index contributed by atoms with van der Waals surface area (Å²) in [5, 5.41) is 52.3. The van der Waals surface area contributed by atoms with E-state index in [0.29, 0.717) is 6.07 Å². The fourth-order valence-corrected chi connectivity index (χ4v) is 5.49. The molecule has 11 heteroatoms. The van der Waals surface area contributed by atoms with Crippen molar-refractivity contribution >= 4 is 0 Å². The van der Waals surface area contributed by atoms with Crippen LogP contribution in [0.1, 0.15) is 40.7 Å². The van der Waals surface area contributed by atoms with Gasteiger partial charge in [0, 0.05) is 19.4 Å². The van der Waals surface area contributed by atoms with Crippen LogP contribution in [-0.4, -0.2) is 44.3 Å². The standard InChI is InChI=1S/C26H23F3N2O6/c27-26(28,29)18-10-17(7-6-16(18)12-30)31-22(34)20-21(23(31)35)25(14-36-13-15-4-2-1-3-5-15)19(33)11-24(20,37-25)8-9-32/h1-7,10,19,32-35H,8-9,11,13-14H2/t19-,24+,25-/m1/s1. The average Bonchev–Trinajstić information content (AvgIpc) is 3.41. The molecule has 2 bridgehead atoms. The molecule has 5 rings (SSSR count). The third kappa shape index (κ3) is 3.76. The third-order valence-corrected chi connectivity index (χ3v) is 7.07. The van der Waals surface area contributed by atoms with Crippen molar-refractivity contribution in [3.8, 4) is 23.5 Å². The first-order valence-corrected chi connectivity index (χ1v) is 11.5. The lowest BCUT2D eigenvalue weighted by atomic mass is 9.75. The van der Waals surface area contributed by atoms with Gasteiger partial charge in [0.25, 0.3) is 0 Å². The molecule has 4 N–H and O–H groups in total. The minimum Gasteiger partial charge on any atom is -0.494 e. The number of rotatable bonds is 7. The minimum absolute atomic E-state index is 0.0109. The van der Waals surface area contributed by atoms with Gasteiger partial charge in [-0.25, -0.2) is 0 Å². The predicted molar refractivity (Wildman–Crippen MR) is 122 cm³/mol. The summed E-state index contributed by atoms with van der Waals surface area (Å²) in [6, 6.07) is 13.4. The lowest BCUT2D eigenvalue weighted by Crippen LogP contribution is -2.40. The number of aromatic hydroxyl groups is 2. The zero-order valence-corrected chi connectivity index (χ0v) is 19.4. The summed E-state index contributed by atoms with van der Waals surface area (Å²) in [7, 11) is 0. The van der Waals surface area contributed by atoms with Gasteiger partial charge in [-0.1, -0.05) is 30.3 Å². The van der Waals surface area contributed by atoms with Gasteiger partial charge < -0.3 is 29.9 Å². The van der Waals surface area contributed by atoms with E-state index >= 15 is 0 Å². The smallest absolute Gasteiger partial charge is 0.417 e. The van der Waals surface area contributed by atoms with Gasteiger partial charge in [-0.05, 0) is 23.8 Å². The van der Waals surface area contributed by atoms with Crippen LogP contribution >= 0.6 is 0 Å². The summed E-state index contributed by atoms with van der Waals surface area (Å²) in [6.07, 6.45) is -6.14. The summed E-state index contributed by atoms with van der Waals surface area (Å²) in [4.78, 5) is 0. The van der Waals surface area contributed by atoms with E-state index in [9.17, 15) is 33.6 Å². The molecule has 1 saturated heterocycles. The van der Waals surface area contributed by atoms with Crippen LogP contribution in [0, 0.1) is 11.3 Å². The van der Waals surface area contributed by atoms with Crippen molar-refractivity contribution in [2.24, 2.45) is 0 Å². The number of hydrogen-bond donors (Lipinski definition) is 4. The lowest BCUT2D eigenvalue weighted by Gasteiger charge is -2.29. The molecular formula is C26H23F3N2O6. The molecule has 2 aromatic carbocycles. The topological polar surface area (TPSA) is 128 Å². The van der Waals surface area contributed by atoms with Crippen molar-refractivity contribution in [3.63, 3.8) is 0 Å². The van der Waals surface area contributed by atoms with Crippen LogP contribution in [0.3, 0.4) is 0 Å². The number of benzene rings is 2. The highest BCUT2D eigenvalue weighted by Crippen LogP contribution is 2.65. The molecule has 3 aromatic rings. The number of fused-ring (bicyclic) bond motifs is 5. The SMILES string of the molecule is N#Cc1ccc(-n2c(O)c3c(c2O)[C@]2(COCc4ccccc4)O[C@@]3(CCO)C[C@H]2O)cc1C(F)(F)F. The first-order valence-electron chi connectivity index (χ1n) is 11.5. The molecule has 37 heavy (non-hydrogen) atoms. The Morgan fingerprint density at radius 3 is 2.46 bits per heavy atom. The second-order valence-corrected chi connectivity index (χ2v) is 9.23. The van der Waals surface area contributed by atoms with Crippen LogP contribution in [0.5, 0.6) is 11.8 Å². The molecule has 1 fully saturated rings. The van der Waals surface area contributed by atoms with Gasteiger partial charge in [0.15, 0.2) is 0 Å². The average molecular weight is 516 g/mol. The zero-order chi connectivity index (χ0) is 26.6. The molecular weight excluding hydrogens is 493 g/mol. The number of nitrogens with zero attached hydrogens (tertiary/aromatic N) is 2. The van der Waals surface area contributed by atoms with Crippen LogP contribution in [0.2, 0.25) is 0 Å². The van der Waals surface area contributed by atoms with E-state index in [1.807, 2.05) is 30.3 Å². The van der Waals surface area contributed by atoms with E-state index in [1.54, 1.807) is 0 Å². The number of aromatic nitrogens is 1. The molecule has 8 nitrogen and oxygen atoms in total. The highest BCUT2D eigenvalue weighted by atomic mass is 19.4. The number of halogens is 3. The maximum atomic E-state index is 13.6. The van der Waals surface area contributed by atoms with Gasteiger partial charge in [0.05, 0.1) is 53.3 Å². The Morgan fingerprint density at radius 2 is 1.81 bits per heavy atom. The second kappa shape index (κ2) is 8.78. The maximum absolute atomic E-state index is 13.6. The number of aliphatic hydroxyl groups is 2. The summed E-state index contributed by atoms with van der Waals surface area (Å²) in [5.41, 5.74) is -4.22. The van der Waals surface area contributed by atoms with E-state index in [-0.39, 0.29) is 49.5 Å². The van der Waals surface area contributed by atoms with Crippen molar-refractivity contribution in [3.05, 3.63) is 76.3 Å². The number of nitriles is 1. The molecule has 3 heterocycles. The molecule has 0 spiro atoms. The first kappa shape index (κ1) is 25.1. The second-order valence-electron chi connectivity index (χ2n) is 9.23. The van der Waals surface area contributed by atoms with E-state index in [4.69, 9.17) is 14.7 Å². The molecule has 0 amide bonds. The van der Waals surface area contributed by atoms with E-state index in [1.165, 1.54) is 12.1 Å². The first-order chi connectivity index (χ1) is 17.6. The molecule has 2 aliphatic heterocycles. The largest absolute Gasteiger partial charge is 0.494 e. The molecule has 1 aromatic heterocycles. The third-order valence-electron chi connectivity index (χ3n) is 7.07. The monoisotopic (exact) mass is 516 g/mol. The maximum Gasteiger partial charge on any atom is 0.417 e. The fourth-order valence-electron chi connectivity index (χ4n) is 5.49. The van der Waals surface area contributed by atoms with E-state index < -0.39 is 46.4 Å². The Labute approximate surface area is 209 Å². The van der Waals surface area contributed by atoms with Crippen molar-refractivity contribution < 1.29 is 43.1 Å². The number of aliphatic hydroxyl groups excluding tert-OH is 2. The molecule has 3 atom stereocenters. The Balaban J connectivity index is 1.62. The lowest BCUT2D eigenvalue weighted by molar-refractivity contribution is -0.154. The molecule has 2 aliphatic rings. The van der Waals surface area contributed by atoms with Crippen molar-refractivity contribution in [2.45, 2.75) is 42.9 Å². The van der Waals surface area contributed by atoms with Gasteiger partial charge in [-0.3, -0.25) is 4.57 Å². The van der Waals surface area contributed by atoms with Gasteiger partial charge in [-0.2, -0.15) is 18.4 Å². The normalized spacial score (nSPS) is 24.3. The number of hydrogen-bond acceptors (Lipinski definition) is 7. The van der Waals surface area contributed by atoms with Crippen molar-refractivity contribution in [1.29, 1.82) is 5.26 Å². The van der Waals surface area contributed by atoms with Crippen molar-refractivity contribution in [1.82, 2.24) is 4.57 Å². The molecule has 0 radical (unpaired) electrons. The fraction of sp³-hybridized carbons (Fsp3) is 0.346. The highest BCUT2D eigenvalue weighted by Gasteiger charge is 2.68. The quantitative estimate of drug-likeness (QED) is 0.378. The Hall–Kier alpha value is -3.56. The summed E-state index contributed by atoms with van der Waals surface area (Å²) < 4.78 is 53.7. The van der Waals surface area contributed by atoms with Crippen LogP contribution < -0.4 is 0 Å². The molecule has 194 valence electrons. The van der Waals surface area contributed by atoms with Gasteiger partial charge in [0.2, 0.25) is 11.8 Å². The van der Waals surface area contributed by atoms with Gasteiger partial charge in [-0.15, -0.1) is 0 Å². The van der Waals surface area contributed by atoms with E-state index in [0.717, 1.165) is 16.2 Å². The number of ether oxygens (including phenoxy) is 2. The zero-order valence-electron chi connectivity index (χ0n) is 19.4. The summed E-state index contributed by atoms with van der Waals surface area (Å²) in [6.45, 7) is -0.464. The van der Waals surface area contributed by atoms with Gasteiger partial charge in [0.1, 0.15) is 11.2 Å². The number of alkyl halides is 3. The molecule has 0 aliphatic carbocycles. The predicted octanol–water partition coefficient (Wildman–Crippen LogP) is 3.56. The van der Waals surface area contributed by atoms with Crippen LogP contribution in [0.4, 0.5) is 13.2 Å². The van der Waals surface area contributed by atoms with Crippen LogP contribution in [-0.2, 0) is 33.5 Å². The van der Waals surface area contributed by atoms with Crippen LogP contribution in [0.25, 0.3) is 5.69 Å². The van der Waals surface area contributed by atoms with E-state index in [2.05, 4.69) is 0 Å². The minimum atomic E-state index is -4.86. The van der Waals surface area contributed by atoms with Crippen LogP contribution in [0.15, 0.2) is 48.5 Å². The molecule has 0 saturated carbocycles. The van der Waals surface area contributed by atoms with Gasteiger partial charge >= 0.3 is 6.18 Å². The Kier molecular flexibility index (Phi) is 5.96. The highest BCUT2D eigenvalue weighted by molar-refractivity contribution is 5.63. The summed E-state index contributed by atoms with van der Waals surface area (Å²) in [5.74, 6) is -1.22. The Morgan fingerprint density at radius 1 is 1.11 bits per heavy atom.